The van der Waals surface area contributed by atoms with Crippen molar-refractivity contribution in [2.24, 2.45) is 0 Å². The first-order valence-electron chi connectivity index (χ1n) is 19.1. The highest BCUT2D eigenvalue weighted by Gasteiger charge is 2.36. The summed E-state index contributed by atoms with van der Waals surface area (Å²) >= 11 is 3.65. The molecule has 4 heteroatoms. The quantitative estimate of drug-likeness (QED) is 0.168. The zero-order chi connectivity index (χ0) is 37.4. The Hall–Kier alpha value is -6.33. The smallest absolute Gasteiger partial charge is 0.124 e. The van der Waals surface area contributed by atoms with Crippen LogP contribution in [-0.2, 0) is 5.41 Å². The fourth-order valence-corrected chi connectivity index (χ4v) is 11.0. The third kappa shape index (κ3) is 5.25. The third-order valence-corrected chi connectivity index (χ3v) is 13.8. The lowest BCUT2D eigenvalue weighted by Gasteiger charge is -2.28. The lowest BCUT2D eigenvalue weighted by Crippen LogP contribution is -2.16. The van der Waals surface area contributed by atoms with Gasteiger partial charge in [0.05, 0.1) is 20.6 Å². The van der Waals surface area contributed by atoms with Crippen LogP contribution in [0, 0.1) is 0 Å². The third-order valence-electron chi connectivity index (χ3n) is 11.5. The largest absolute Gasteiger partial charge is 0.309 e. The van der Waals surface area contributed by atoms with E-state index in [1.165, 1.54) is 75.1 Å². The van der Waals surface area contributed by atoms with Gasteiger partial charge >= 0.3 is 0 Å². The molecule has 10 aromatic rings. The Bertz CT molecular complexity index is 3100. The van der Waals surface area contributed by atoms with Crippen LogP contribution in [-0.4, -0.2) is 4.98 Å². The molecule has 0 spiro atoms. The molecular formula is C52H36N2S2. The second kappa shape index (κ2) is 12.9. The second-order valence-corrected chi connectivity index (χ2v) is 17.2. The van der Waals surface area contributed by atoms with Crippen LogP contribution in [0.4, 0.5) is 17.1 Å². The molecule has 2 nitrogen and oxygen atoms in total. The molecule has 0 bridgehead atoms. The molecule has 2 aromatic heterocycles. The Morgan fingerprint density at radius 3 is 1.82 bits per heavy atom. The highest BCUT2D eigenvalue weighted by molar-refractivity contribution is 7.27. The van der Waals surface area contributed by atoms with Crippen LogP contribution in [0.2, 0.25) is 0 Å². The van der Waals surface area contributed by atoms with Crippen molar-refractivity contribution < 1.29 is 0 Å². The molecule has 1 aliphatic rings. The standard InChI is InChI=1S/C52H36N2S2/c1-52(2)44-22-12-11-20-40(44)41-29-28-37(30-45(41)52)54(36-26-24-34(25-27-36)39-19-10-9-18-38(39)33-14-5-3-6-15-33)47-23-13-21-42-43-31-46-49(32-48(43)55-50(42)47)56-51(53-46)35-16-7-4-8-17-35/h3-32H,1-2H3. The highest BCUT2D eigenvalue weighted by atomic mass is 32.1. The van der Waals surface area contributed by atoms with E-state index in [0.717, 1.165) is 27.5 Å². The van der Waals surface area contributed by atoms with Gasteiger partial charge in [0, 0.05) is 37.8 Å². The van der Waals surface area contributed by atoms with Crippen molar-refractivity contribution in [3.8, 4) is 44.0 Å². The maximum absolute atomic E-state index is 5.11. The Kier molecular flexibility index (Phi) is 7.60. The van der Waals surface area contributed by atoms with Gasteiger partial charge in [0.1, 0.15) is 5.01 Å². The van der Waals surface area contributed by atoms with Crippen molar-refractivity contribution >= 4 is 70.1 Å². The molecule has 0 saturated carbocycles. The van der Waals surface area contributed by atoms with Gasteiger partial charge in [-0.05, 0) is 87.0 Å². The van der Waals surface area contributed by atoms with E-state index in [0.29, 0.717) is 0 Å². The second-order valence-electron chi connectivity index (χ2n) is 15.2. The van der Waals surface area contributed by atoms with Gasteiger partial charge in [-0.3, -0.25) is 0 Å². The lowest BCUT2D eigenvalue weighted by atomic mass is 9.82. The van der Waals surface area contributed by atoms with E-state index in [-0.39, 0.29) is 5.41 Å². The molecule has 266 valence electrons. The molecule has 56 heavy (non-hydrogen) atoms. The van der Waals surface area contributed by atoms with Crippen molar-refractivity contribution in [2.75, 3.05) is 4.90 Å². The van der Waals surface area contributed by atoms with Gasteiger partial charge in [-0.15, -0.1) is 22.7 Å². The summed E-state index contributed by atoms with van der Waals surface area (Å²) in [6, 6.07) is 66.5. The van der Waals surface area contributed by atoms with Crippen molar-refractivity contribution in [1.82, 2.24) is 4.98 Å². The van der Waals surface area contributed by atoms with E-state index in [2.05, 4.69) is 201 Å². The minimum Gasteiger partial charge on any atom is -0.309 e. The highest BCUT2D eigenvalue weighted by Crippen LogP contribution is 2.52. The number of benzene rings is 8. The molecule has 1 aliphatic carbocycles. The Balaban J connectivity index is 1.08. The zero-order valence-corrected chi connectivity index (χ0v) is 32.7. The average molecular weight is 753 g/mol. The van der Waals surface area contributed by atoms with E-state index < -0.39 is 0 Å². The van der Waals surface area contributed by atoms with Crippen molar-refractivity contribution in [2.45, 2.75) is 19.3 Å². The van der Waals surface area contributed by atoms with Crippen LogP contribution in [0.1, 0.15) is 25.0 Å². The summed E-state index contributed by atoms with van der Waals surface area (Å²) in [6.45, 7) is 4.72. The van der Waals surface area contributed by atoms with Crippen LogP contribution in [0.25, 0.3) is 74.3 Å². The van der Waals surface area contributed by atoms with Crippen LogP contribution in [0.3, 0.4) is 0 Å². The molecule has 0 amide bonds. The molecule has 0 atom stereocenters. The van der Waals surface area contributed by atoms with Gasteiger partial charge in [0.25, 0.3) is 0 Å². The number of thiophene rings is 1. The summed E-state index contributed by atoms with van der Waals surface area (Å²) in [7, 11) is 0. The SMILES string of the molecule is CC1(C)c2ccccc2-c2ccc(N(c3ccc(-c4ccccc4-c4ccccc4)cc3)c3cccc4c3sc3cc5sc(-c6ccccc6)nc5cc34)cc21. The normalized spacial score (nSPS) is 13.0. The van der Waals surface area contributed by atoms with E-state index in [1.807, 2.05) is 11.3 Å². The van der Waals surface area contributed by atoms with Gasteiger partial charge in [-0.2, -0.15) is 0 Å². The van der Waals surface area contributed by atoms with Crippen LogP contribution < -0.4 is 4.90 Å². The molecule has 0 unspecified atom stereocenters. The molecule has 0 saturated heterocycles. The predicted molar refractivity (Wildman–Crippen MR) is 241 cm³/mol. The van der Waals surface area contributed by atoms with Gasteiger partial charge < -0.3 is 4.90 Å². The van der Waals surface area contributed by atoms with Gasteiger partial charge in [-0.1, -0.05) is 153 Å². The first kappa shape index (κ1) is 33.0. The van der Waals surface area contributed by atoms with E-state index >= 15 is 0 Å². The summed E-state index contributed by atoms with van der Waals surface area (Å²) in [4.78, 5) is 7.58. The van der Waals surface area contributed by atoms with Gasteiger partial charge in [0.15, 0.2) is 0 Å². The molecule has 0 aliphatic heterocycles. The fraction of sp³-hybridized carbons (Fsp3) is 0.0577. The van der Waals surface area contributed by atoms with E-state index in [4.69, 9.17) is 4.98 Å². The Morgan fingerprint density at radius 1 is 0.446 bits per heavy atom. The number of hydrogen-bond donors (Lipinski definition) is 0. The van der Waals surface area contributed by atoms with Crippen molar-refractivity contribution in [3.63, 3.8) is 0 Å². The van der Waals surface area contributed by atoms with Crippen LogP contribution in [0.15, 0.2) is 182 Å². The number of thiazole rings is 1. The summed E-state index contributed by atoms with van der Waals surface area (Å²) in [6.07, 6.45) is 0. The summed E-state index contributed by atoms with van der Waals surface area (Å²) < 4.78 is 3.76. The average Bonchev–Trinajstić information content (AvgIpc) is 3.91. The topological polar surface area (TPSA) is 16.1 Å². The number of nitrogens with zero attached hydrogens (tertiary/aromatic N) is 2. The first-order valence-corrected chi connectivity index (χ1v) is 20.8. The maximum atomic E-state index is 5.11. The number of rotatable bonds is 6. The molecule has 0 fully saturated rings. The lowest BCUT2D eigenvalue weighted by molar-refractivity contribution is 0.660. The number of hydrogen-bond acceptors (Lipinski definition) is 4. The van der Waals surface area contributed by atoms with Crippen molar-refractivity contribution in [1.29, 1.82) is 0 Å². The summed E-state index contributed by atoms with van der Waals surface area (Å²) in [5, 5.41) is 3.57. The maximum Gasteiger partial charge on any atom is 0.124 e. The van der Waals surface area contributed by atoms with Gasteiger partial charge in [-0.25, -0.2) is 4.98 Å². The molecule has 8 aromatic carbocycles. The Morgan fingerprint density at radius 2 is 1.07 bits per heavy atom. The molecule has 11 rings (SSSR count). The predicted octanol–water partition coefficient (Wildman–Crippen LogP) is 15.4. The number of fused-ring (bicyclic) bond motifs is 7. The molecule has 2 heterocycles. The summed E-state index contributed by atoms with van der Waals surface area (Å²) in [5.41, 5.74) is 15.8. The summed E-state index contributed by atoms with van der Waals surface area (Å²) in [5.74, 6) is 0. The number of anilines is 3. The van der Waals surface area contributed by atoms with Gasteiger partial charge in [0.2, 0.25) is 0 Å². The minimum atomic E-state index is -0.112. The van der Waals surface area contributed by atoms with E-state index in [1.54, 1.807) is 11.3 Å². The van der Waals surface area contributed by atoms with Crippen molar-refractivity contribution in [3.05, 3.63) is 193 Å². The minimum absolute atomic E-state index is 0.112. The molecule has 0 N–H and O–H groups in total. The molecular weight excluding hydrogens is 717 g/mol. The van der Waals surface area contributed by atoms with Crippen LogP contribution >= 0.6 is 22.7 Å². The van der Waals surface area contributed by atoms with E-state index in [9.17, 15) is 0 Å². The monoisotopic (exact) mass is 752 g/mol. The number of aromatic nitrogens is 1. The molecule has 0 radical (unpaired) electrons. The fourth-order valence-electron chi connectivity index (χ4n) is 8.74. The first-order chi connectivity index (χ1) is 27.5. The Labute approximate surface area is 334 Å². The van der Waals surface area contributed by atoms with Crippen LogP contribution in [0.5, 0.6) is 0 Å². The zero-order valence-electron chi connectivity index (χ0n) is 31.0.